The first-order valence-electron chi connectivity index (χ1n) is 12.4. The van der Waals surface area contributed by atoms with Gasteiger partial charge in [-0.25, -0.2) is 0 Å². The molecule has 1 N–H and O–H groups in total. The number of unbranched alkanes of at least 4 members (excludes halogenated alkanes) is 2. The summed E-state index contributed by atoms with van der Waals surface area (Å²) >= 11 is 3.27. The molecule has 4 nitrogen and oxygen atoms in total. The molecule has 0 unspecified atom stereocenters. The van der Waals surface area contributed by atoms with Gasteiger partial charge in [0.05, 0.1) is 24.0 Å². The van der Waals surface area contributed by atoms with E-state index in [0.717, 1.165) is 70.7 Å². The average molecular weight is 564 g/mol. The summed E-state index contributed by atoms with van der Waals surface area (Å²) in [4.78, 5) is 26.3. The summed E-state index contributed by atoms with van der Waals surface area (Å²) < 4.78 is 43.2. The van der Waals surface area contributed by atoms with Crippen molar-refractivity contribution >= 4 is 35.0 Å². The number of hydrogen-bond acceptors (Lipinski definition) is 5. The number of carbonyl (C=O) groups is 2. The van der Waals surface area contributed by atoms with E-state index in [1.165, 1.54) is 23.3 Å². The Kier molecular flexibility index (Phi) is 10.8. The Morgan fingerprint density at radius 2 is 1.66 bits per heavy atom. The van der Waals surface area contributed by atoms with Crippen molar-refractivity contribution in [3.63, 3.8) is 0 Å². The fourth-order valence-corrected chi connectivity index (χ4v) is 6.23. The Morgan fingerprint density at radius 1 is 0.974 bits per heavy atom. The zero-order valence-electron chi connectivity index (χ0n) is 21.7. The van der Waals surface area contributed by atoms with Crippen LogP contribution in [0, 0.1) is 13.8 Å². The summed E-state index contributed by atoms with van der Waals surface area (Å²) in [5.41, 5.74) is 3.24. The number of halogens is 3. The summed E-state index contributed by atoms with van der Waals surface area (Å²) in [5, 5.41) is 2.73. The molecule has 0 saturated carbocycles. The van der Waals surface area contributed by atoms with E-state index < -0.39 is 11.7 Å². The minimum Gasteiger partial charge on any atom is -0.469 e. The maximum absolute atomic E-state index is 12.9. The molecule has 204 valence electrons. The fraction of sp³-hybridized carbons (Fsp3) is 0.379. The lowest BCUT2D eigenvalue weighted by atomic mass is 9.95. The molecule has 0 saturated heterocycles. The molecule has 0 aliphatic heterocycles. The summed E-state index contributed by atoms with van der Waals surface area (Å²) in [6, 6.07) is 13.4. The standard InChI is InChI=1S/C29H32F3NO3S2/c1-19-17-24(18-20(2)27(19)21-8-10-22(11-9-21)29(30,31)32)37-16-6-4-5-7-23-12-13-25(38-23)28(35)33-15-14-26(34)36-3/h8-13,17-18H,4-7,14-16H2,1-3H3,(H,33,35). The van der Waals surface area contributed by atoms with Crippen LogP contribution in [0.5, 0.6) is 0 Å². The van der Waals surface area contributed by atoms with Gasteiger partial charge in [0.15, 0.2) is 0 Å². The Labute approximate surface area is 230 Å². The van der Waals surface area contributed by atoms with E-state index in [9.17, 15) is 22.8 Å². The summed E-state index contributed by atoms with van der Waals surface area (Å²) in [7, 11) is 1.32. The number of methoxy groups -OCH3 is 1. The Morgan fingerprint density at radius 3 is 2.29 bits per heavy atom. The molecule has 0 aliphatic carbocycles. The second kappa shape index (κ2) is 13.8. The Bertz CT molecular complexity index is 1210. The van der Waals surface area contributed by atoms with Crippen LogP contribution in [0.15, 0.2) is 53.4 Å². The second-order valence-electron chi connectivity index (χ2n) is 9.01. The number of alkyl halides is 3. The molecule has 1 heterocycles. The molecular weight excluding hydrogens is 531 g/mol. The molecule has 0 radical (unpaired) electrons. The van der Waals surface area contributed by atoms with Crippen LogP contribution < -0.4 is 5.32 Å². The molecule has 3 rings (SSSR count). The number of thiophene rings is 1. The monoisotopic (exact) mass is 563 g/mol. The SMILES string of the molecule is COC(=O)CCNC(=O)c1ccc(CCCCCSc2cc(C)c(-c3ccc(C(F)(F)F)cc3)c(C)c2)s1. The van der Waals surface area contributed by atoms with Crippen LogP contribution in [-0.2, 0) is 22.1 Å². The van der Waals surface area contributed by atoms with Gasteiger partial charge in [-0.05, 0) is 97.5 Å². The van der Waals surface area contributed by atoms with Crippen LogP contribution in [0.4, 0.5) is 13.2 Å². The molecular formula is C29H32F3NO3S2. The highest BCUT2D eigenvalue weighted by Crippen LogP contribution is 2.35. The van der Waals surface area contributed by atoms with Crippen molar-refractivity contribution < 1.29 is 27.5 Å². The van der Waals surface area contributed by atoms with Crippen LogP contribution >= 0.6 is 23.1 Å². The molecule has 3 aromatic rings. The average Bonchev–Trinajstić information content (AvgIpc) is 3.34. The summed E-state index contributed by atoms with van der Waals surface area (Å²) in [5.74, 6) is 0.462. The lowest BCUT2D eigenvalue weighted by Crippen LogP contribution is -2.25. The largest absolute Gasteiger partial charge is 0.469 e. The predicted molar refractivity (Wildman–Crippen MR) is 148 cm³/mol. The fourth-order valence-electron chi connectivity index (χ4n) is 4.16. The zero-order valence-corrected chi connectivity index (χ0v) is 23.4. The number of aryl methyl sites for hydroxylation is 3. The van der Waals surface area contributed by atoms with Crippen LogP contribution in [-0.4, -0.2) is 31.3 Å². The first-order valence-corrected chi connectivity index (χ1v) is 14.2. The Balaban J connectivity index is 1.41. The van der Waals surface area contributed by atoms with Crippen molar-refractivity contribution in [3.05, 3.63) is 75.0 Å². The number of amides is 1. The molecule has 1 aromatic heterocycles. The normalized spacial score (nSPS) is 11.4. The molecule has 9 heteroatoms. The smallest absolute Gasteiger partial charge is 0.416 e. The second-order valence-corrected chi connectivity index (χ2v) is 11.4. The van der Waals surface area contributed by atoms with E-state index >= 15 is 0 Å². The van der Waals surface area contributed by atoms with Crippen LogP contribution in [0.1, 0.15) is 56.9 Å². The molecule has 0 bridgehead atoms. The number of thioether (sulfide) groups is 1. The van der Waals surface area contributed by atoms with Crippen molar-refractivity contribution in [2.45, 2.75) is 57.0 Å². The van der Waals surface area contributed by atoms with Crippen molar-refractivity contribution in [3.8, 4) is 11.1 Å². The number of esters is 1. The van der Waals surface area contributed by atoms with Crippen molar-refractivity contribution in [2.24, 2.45) is 0 Å². The number of nitrogens with one attached hydrogen (secondary N) is 1. The molecule has 0 aliphatic rings. The van der Waals surface area contributed by atoms with E-state index in [-0.39, 0.29) is 24.8 Å². The van der Waals surface area contributed by atoms with Gasteiger partial charge < -0.3 is 10.1 Å². The number of rotatable bonds is 12. The summed E-state index contributed by atoms with van der Waals surface area (Å²) in [6.07, 6.45) is -0.0794. The molecule has 0 fully saturated rings. The molecule has 2 aromatic carbocycles. The van der Waals surface area contributed by atoms with Gasteiger partial charge >= 0.3 is 12.1 Å². The third-order valence-corrected chi connectivity index (χ3v) is 8.28. The van der Waals surface area contributed by atoms with Gasteiger partial charge in [-0.3, -0.25) is 9.59 Å². The predicted octanol–water partition coefficient (Wildman–Crippen LogP) is 7.85. The topological polar surface area (TPSA) is 55.4 Å². The molecule has 38 heavy (non-hydrogen) atoms. The van der Waals surface area contributed by atoms with Gasteiger partial charge in [0.1, 0.15) is 0 Å². The van der Waals surface area contributed by atoms with E-state index in [0.29, 0.717) is 4.88 Å². The van der Waals surface area contributed by atoms with Crippen molar-refractivity contribution in [1.82, 2.24) is 5.32 Å². The summed E-state index contributed by atoms with van der Waals surface area (Å²) in [6.45, 7) is 4.25. The third kappa shape index (κ3) is 8.63. The van der Waals surface area contributed by atoms with Gasteiger partial charge in [-0.15, -0.1) is 23.1 Å². The minimum atomic E-state index is -4.33. The Hall–Kier alpha value is -2.78. The third-order valence-electron chi connectivity index (χ3n) is 6.07. The first kappa shape index (κ1) is 29.8. The highest BCUT2D eigenvalue weighted by molar-refractivity contribution is 7.99. The van der Waals surface area contributed by atoms with Gasteiger partial charge in [0, 0.05) is 16.3 Å². The van der Waals surface area contributed by atoms with Crippen LogP contribution in [0.2, 0.25) is 0 Å². The van der Waals surface area contributed by atoms with Gasteiger partial charge in [-0.1, -0.05) is 18.6 Å². The van der Waals surface area contributed by atoms with Gasteiger partial charge in [0.2, 0.25) is 0 Å². The van der Waals surface area contributed by atoms with Crippen molar-refractivity contribution in [2.75, 3.05) is 19.4 Å². The van der Waals surface area contributed by atoms with Crippen LogP contribution in [0.25, 0.3) is 11.1 Å². The lowest BCUT2D eigenvalue weighted by Gasteiger charge is -2.14. The van der Waals surface area contributed by atoms with E-state index in [1.807, 2.05) is 26.0 Å². The molecule has 1 amide bonds. The first-order chi connectivity index (χ1) is 18.1. The highest BCUT2D eigenvalue weighted by atomic mass is 32.2. The number of carbonyl (C=O) groups excluding carboxylic acids is 2. The van der Waals surface area contributed by atoms with Crippen LogP contribution in [0.3, 0.4) is 0 Å². The van der Waals surface area contributed by atoms with E-state index in [1.54, 1.807) is 23.9 Å². The zero-order chi connectivity index (χ0) is 27.7. The quantitative estimate of drug-likeness (QED) is 0.139. The molecule has 0 spiro atoms. The van der Waals surface area contributed by atoms with Gasteiger partial charge in [0.25, 0.3) is 5.91 Å². The minimum absolute atomic E-state index is 0.154. The van der Waals surface area contributed by atoms with E-state index in [4.69, 9.17) is 0 Å². The van der Waals surface area contributed by atoms with E-state index in [2.05, 4.69) is 22.2 Å². The molecule has 0 atom stereocenters. The van der Waals surface area contributed by atoms with Gasteiger partial charge in [-0.2, -0.15) is 13.2 Å². The maximum Gasteiger partial charge on any atom is 0.416 e. The number of hydrogen-bond donors (Lipinski definition) is 1. The number of ether oxygens (including phenoxy) is 1. The maximum atomic E-state index is 12.9. The number of benzene rings is 2. The highest BCUT2D eigenvalue weighted by Gasteiger charge is 2.30. The van der Waals surface area contributed by atoms with Crippen molar-refractivity contribution in [1.29, 1.82) is 0 Å². The lowest BCUT2D eigenvalue weighted by molar-refractivity contribution is -0.140.